The molecule has 0 saturated carbocycles. The van der Waals surface area contributed by atoms with Crippen LogP contribution in [0.25, 0.3) is 0 Å². The fourth-order valence-corrected chi connectivity index (χ4v) is 4.28. The highest BCUT2D eigenvalue weighted by atomic mass is 32.1. The molecule has 0 radical (unpaired) electrons. The largest absolute Gasteiger partial charge is 0.349 e. The Labute approximate surface area is 163 Å². The molecule has 0 spiro atoms. The molecule has 1 atom stereocenters. The van der Waals surface area contributed by atoms with Gasteiger partial charge in [0.1, 0.15) is 5.01 Å². The second-order valence-corrected chi connectivity index (χ2v) is 8.42. The molecular formula is C20H26N4O2S. The first-order chi connectivity index (χ1) is 13.0. The summed E-state index contributed by atoms with van der Waals surface area (Å²) in [5.41, 5.74) is 2.51. The van der Waals surface area contributed by atoms with Crippen molar-refractivity contribution in [2.75, 3.05) is 5.32 Å². The van der Waals surface area contributed by atoms with Crippen LogP contribution in [0.3, 0.4) is 0 Å². The highest BCUT2D eigenvalue weighted by molar-refractivity contribution is 7.15. The summed E-state index contributed by atoms with van der Waals surface area (Å²) in [5.74, 6) is 0.196. The van der Waals surface area contributed by atoms with Gasteiger partial charge in [0.25, 0.3) is 0 Å². The van der Waals surface area contributed by atoms with Crippen LogP contribution < -0.4 is 10.6 Å². The van der Waals surface area contributed by atoms with Crippen LogP contribution in [-0.4, -0.2) is 22.0 Å². The van der Waals surface area contributed by atoms with E-state index in [0.717, 1.165) is 30.7 Å². The molecule has 0 unspecified atom stereocenters. The number of hydrogen-bond donors (Lipinski definition) is 2. The van der Waals surface area contributed by atoms with Gasteiger partial charge in [-0.25, -0.2) is 0 Å². The van der Waals surface area contributed by atoms with Gasteiger partial charge in [0.2, 0.25) is 16.9 Å². The Morgan fingerprint density at radius 2 is 1.96 bits per heavy atom. The van der Waals surface area contributed by atoms with Crippen molar-refractivity contribution in [3.8, 4) is 0 Å². The zero-order valence-corrected chi connectivity index (χ0v) is 16.6. The minimum atomic E-state index is -0.207. The van der Waals surface area contributed by atoms with Crippen molar-refractivity contribution < 1.29 is 9.59 Å². The van der Waals surface area contributed by atoms with Crippen LogP contribution in [0.2, 0.25) is 0 Å². The number of carbonyl (C=O) groups is 2. The van der Waals surface area contributed by atoms with Crippen LogP contribution in [0.1, 0.15) is 61.7 Å². The van der Waals surface area contributed by atoms with E-state index in [0.29, 0.717) is 11.0 Å². The number of hydrogen-bond acceptors (Lipinski definition) is 5. The Hall–Kier alpha value is -2.28. The number of nitrogens with zero attached hydrogens (tertiary/aromatic N) is 2. The number of aromatic nitrogens is 2. The lowest BCUT2D eigenvalue weighted by molar-refractivity contribution is -0.125. The van der Waals surface area contributed by atoms with Gasteiger partial charge >= 0.3 is 0 Å². The molecule has 3 rings (SSSR count). The molecule has 0 bridgehead atoms. The predicted molar refractivity (Wildman–Crippen MR) is 107 cm³/mol. The van der Waals surface area contributed by atoms with Gasteiger partial charge in [0.05, 0.1) is 6.04 Å². The lowest BCUT2D eigenvalue weighted by Crippen LogP contribution is -2.31. The maximum Gasteiger partial charge on any atom is 0.226 e. The van der Waals surface area contributed by atoms with E-state index in [1.165, 1.54) is 22.5 Å². The molecule has 1 aliphatic carbocycles. The van der Waals surface area contributed by atoms with Gasteiger partial charge in [0.15, 0.2) is 0 Å². The first-order valence-electron chi connectivity index (χ1n) is 9.50. The van der Waals surface area contributed by atoms with Gasteiger partial charge in [-0.05, 0) is 36.3 Å². The summed E-state index contributed by atoms with van der Waals surface area (Å²) in [7, 11) is 0. The number of aryl methyl sites for hydroxylation is 1. The van der Waals surface area contributed by atoms with Crippen molar-refractivity contribution >= 4 is 28.3 Å². The summed E-state index contributed by atoms with van der Waals surface area (Å²) in [6, 6.07) is 8.29. The smallest absolute Gasteiger partial charge is 0.226 e. The normalized spacial score (nSPS) is 16.0. The first-order valence-corrected chi connectivity index (χ1v) is 10.3. The molecular weight excluding hydrogens is 360 g/mol. The molecule has 1 heterocycles. The summed E-state index contributed by atoms with van der Waals surface area (Å²) in [4.78, 5) is 24.4. The third kappa shape index (κ3) is 5.60. The second kappa shape index (κ2) is 9.08. The predicted octanol–water partition coefficient (Wildman–Crippen LogP) is 3.65. The SMILES string of the molecule is CC(C)Cc1nnc(NC(=O)CCC(=O)N[C@@H]2CCCc3ccccc32)s1. The van der Waals surface area contributed by atoms with Gasteiger partial charge in [-0.15, -0.1) is 10.2 Å². The van der Waals surface area contributed by atoms with Crippen LogP contribution in [0.15, 0.2) is 24.3 Å². The number of carbonyl (C=O) groups excluding carboxylic acids is 2. The summed E-state index contributed by atoms with van der Waals surface area (Å²) in [6.45, 7) is 4.23. The zero-order valence-electron chi connectivity index (χ0n) is 15.8. The molecule has 2 amide bonds. The van der Waals surface area contributed by atoms with Crippen molar-refractivity contribution in [3.63, 3.8) is 0 Å². The minimum absolute atomic E-state index is 0.0484. The summed E-state index contributed by atoms with van der Waals surface area (Å²) < 4.78 is 0. The Kier molecular flexibility index (Phi) is 6.55. The molecule has 6 nitrogen and oxygen atoms in total. The van der Waals surface area contributed by atoms with Crippen LogP contribution in [-0.2, 0) is 22.4 Å². The monoisotopic (exact) mass is 386 g/mol. The number of benzene rings is 1. The van der Waals surface area contributed by atoms with Crippen LogP contribution in [0, 0.1) is 5.92 Å². The lowest BCUT2D eigenvalue weighted by Gasteiger charge is -2.26. The standard InChI is InChI=1S/C20H26N4O2S/c1-13(2)12-19-23-24-20(27-19)22-18(26)11-10-17(25)21-16-9-5-7-14-6-3-4-8-15(14)16/h3-4,6,8,13,16H,5,7,9-12H2,1-2H3,(H,21,25)(H,22,24,26)/t16-/m1/s1. The van der Waals surface area contributed by atoms with Gasteiger partial charge in [-0.3, -0.25) is 9.59 Å². The molecule has 0 saturated heterocycles. The van der Waals surface area contributed by atoms with E-state index in [4.69, 9.17) is 0 Å². The first kappa shape index (κ1) is 19.5. The van der Waals surface area contributed by atoms with Crippen LogP contribution >= 0.6 is 11.3 Å². The van der Waals surface area contributed by atoms with Gasteiger partial charge < -0.3 is 10.6 Å². The van der Waals surface area contributed by atoms with E-state index in [1.807, 2.05) is 12.1 Å². The van der Waals surface area contributed by atoms with Gasteiger partial charge in [-0.1, -0.05) is 49.4 Å². The number of fused-ring (bicyclic) bond motifs is 1. The molecule has 2 aromatic rings. The summed E-state index contributed by atoms with van der Waals surface area (Å²) in [6.07, 6.45) is 4.22. The van der Waals surface area contributed by atoms with Crippen molar-refractivity contribution in [2.45, 2.75) is 58.4 Å². The molecule has 1 aromatic carbocycles. The van der Waals surface area contributed by atoms with Crippen LogP contribution in [0.4, 0.5) is 5.13 Å². The van der Waals surface area contributed by atoms with Gasteiger partial charge in [0, 0.05) is 19.3 Å². The fraction of sp³-hybridized carbons (Fsp3) is 0.500. The van der Waals surface area contributed by atoms with Crippen molar-refractivity contribution in [1.82, 2.24) is 15.5 Å². The van der Waals surface area contributed by atoms with Crippen molar-refractivity contribution in [3.05, 3.63) is 40.4 Å². The topological polar surface area (TPSA) is 84.0 Å². The maximum absolute atomic E-state index is 12.3. The molecule has 0 fully saturated rings. The van der Waals surface area contributed by atoms with E-state index in [-0.39, 0.29) is 30.7 Å². The summed E-state index contributed by atoms with van der Waals surface area (Å²) >= 11 is 1.39. The second-order valence-electron chi connectivity index (χ2n) is 7.36. The average Bonchev–Trinajstić information content (AvgIpc) is 3.06. The zero-order chi connectivity index (χ0) is 19.2. The number of amides is 2. The Morgan fingerprint density at radius 3 is 2.78 bits per heavy atom. The third-order valence-corrected chi connectivity index (χ3v) is 5.44. The Balaban J connectivity index is 1.45. The fourth-order valence-electron chi connectivity index (χ4n) is 3.32. The molecule has 0 aliphatic heterocycles. The maximum atomic E-state index is 12.3. The Morgan fingerprint density at radius 1 is 1.19 bits per heavy atom. The van der Waals surface area contributed by atoms with E-state index >= 15 is 0 Å². The average molecular weight is 387 g/mol. The minimum Gasteiger partial charge on any atom is -0.349 e. The molecule has 7 heteroatoms. The van der Waals surface area contributed by atoms with Crippen molar-refractivity contribution in [1.29, 1.82) is 0 Å². The Bertz CT molecular complexity index is 803. The number of anilines is 1. The summed E-state index contributed by atoms with van der Waals surface area (Å²) in [5, 5.41) is 15.3. The van der Waals surface area contributed by atoms with E-state index in [2.05, 4.69) is 46.8 Å². The van der Waals surface area contributed by atoms with Gasteiger partial charge in [-0.2, -0.15) is 0 Å². The highest BCUT2D eigenvalue weighted by Gasteiger charge is 2.21. The molecule has 1 aliphatic rings. The number of nitrogens with one attached hydrogen (secondary N) is 2. The molecule has 144 valence electrons. The molecule has 2 N–H and O–H groups in total. The van der Waals surface area contributed by atoms with Crippen LogP contribution in [0.5, 0.6) is 0 Å². The van der Waals surface area contributed by atoms with E-state index < -0.39 is 0 Å². The molecule has 27 heavy (non-hydrogen) atoms. The number of rotatable bonds is 7. The van der Waals surface area contributed by atoms with Crippen molar-refractivity contribution in [2.24, 2.45) is 5.92 Å². The lowest BCUT2D eigenvalue weighted by atomic mass is 9.87. The third-order valence-electron chi connectivity index (χ3n) is 4.58. The quantitative estimate of drug-likeness (QED) is 0.761. The van der Waals surface area contributed by atoms with E-state index in [9.17, 15) is 9.59 Å². The van der Waals surface area contributed by atoms with E-state index in [1.54, 1.807) is 0 Å². The highest BCUT2D eigenvalue weighted by Crippen LogP contribution is 2.29. The molecule has 1 aromatic heterocycles.